The molecule has 2 heterocycles. The average Bonchev–Trinajstić information content (AvgIpc) is 3.06. The summed E-state index contributed by atoms with van der Waals surface area (Å²) < 4.78 is 1.31. The number of nitrogens with one attached hydrogen (secondary N) is 1. The Labute approximate surface area is 138 Å². The molecule has 8 heteroatoms. The minimum absolute atomic E-state index is 0.234. The summed E-state index contributed by atoms with van der Waals surface area (Å²) in [5.41, 5.74) is 1.40. The van der Waals surface area contributed by atoms with Gasteiger partial charge in [0.15, 0.2) is 5.54 Å². The van der Waals surface area contributed by atoms with Crippen molar-refractivity contribution in [2.75, 3.05) is 5.32 Å². The largest absolute Gasteiger partial charge is 0.479 e. The number of carboxylic acids is 1. The predicted octanol–water partition coefficient (Wildman–Crippen LogP) is 2.71. The molecular formula is C15H20N4O3S. The zero-order valence-electron chi connectivity index (χ0n) is 13.7. The van der Waals surface area contributed by atoms with Crippen LogP contribution in [-0.2, 0) is 15.7 Å². The first-order valence-corrected chi connectivity index (χ1v) is 7.95. The van der Waals surface area contributed by atoms with Gasteiger partial charge in [0.25, 0.3) is 5.91 Å². The van der Waals surface area contributed by atoms with Crippen LogP contribution in [0.25, 0.3) is 0 Å². The highest BCUT2D eigenvalue weighted by Crippen LogP contribution is 2.28. The lowest BCUT2D eigenvalue weighted by molar-refractivity contribution is -0.146. The Morgan fingerprint density at radius 2 is 1.91 bits per heavy atom. The van der Waals surface area contributed by atoms with Gasteiger partial charge >= 0.3 is 5.97 Å². The third-order valence-corrected chi connectivity index (χ3v) is 4.25. The quantitative estimate of drug-likeness (QED) is 0.894. The minimum atomic E-state index is -1.19. The van der Waals surface area contributed by atoms with E-state index in [0.29, 0.717) is 10.6 Å². The van der Waals surface area contributed by atoms with E-state index in [1.807, 2.05) is 20.8 Å². The van der Waals surface area contributed by atoms with Crippen molar-refractivity contribution in [2.45, 2.75) is 45.6 Å². The van der Waals surface area contributed by atoms with Crippen LogP contribution in [0.4, 0.5) is 5.69 Å². The first-order valence-electron chi connectivity index (χ1n) is 7.07. The first-order chi connectivity index (χ1) is 10.5. The molecule has 0 saturated carbocycles. The Balaban J connectivity index is 2.21. The summed E-state index contributed by atoms with van der Waals surface area (Å²) in [4.78, 5) is 28.5. The highest BCUT2D eigenvalue weighted by molar-refractivity contribution is 7.12. The van der Waals surface area contributed by atoms with Gasteiger partial charge in [0.2, 0.25) is 0 Å². The third kappa shape index (κ3) is 3.42. The monoisotopic (exact) mass is 336 g/mol. The summed E-state index contributed by atoms with van der Waals surface area (Å²) in [7, 11) is 0. The number of carbonyl (C=O) groups excluding carboxylic acids is 1. The van der Waals surface area contributed by atoms with Crippen LogP contribution in [0.3, 0.4) is 0 Å². The topological polar surface area (TPSA) is 97.1 Å². The standard InChI is InChI=1S/C15H20N4O3S/c1-14(2,3)11-10(23-8-16-11)12(20)18-9-6-17-19(7-9)15(4,5)13(21)22/h6-8H,1-5H3,(H,18,20)(H,21,22). The van der Waals surface area contributed by atoms with Gasteiger partial charge in [-0.05, 0) is 13.8 Å². The smallest absolute Gasteiger partial charge is 0.331 e. The van der Waals surface area contributed by atoms with Gasteiger partial charge in [0.1, 0.15) is 4.88 Å². The summed E-state index contributed by atoms with van der Waals surface area (Å²) in [5, 5.41) is 16.0. The van der Waals surface area contributed by atoms with Crippen molar-refractivity contribution >= 4 is 28.9 Å². The van der Waals surface area contributed by atoms with E-state index in [1.54, 1.807) is 5.51 Å². The highest BCUT2D eigenvalue weighted by Gasteiger charge is 2.30. The van der Waals surface area contributed by atoms with Crippen LogP contribution in [0.1, 0.15) is 50.0 Å². The van der Waals surface area contributed by atoms with Crippen molar-refractivity contribution in [3.8, 4) is 0 Å². The molecule has 2 aromatic heterocycles. The van der Waals surface area contributed by atoms with Crippen molar-refractivity contribution in [1.29, 1.82) is 0 Å². The molecule has 0 radical (unpaired) electrons. The number of rotatable bonds is 4. The fraction of sp³-hybridized carbons (Fsp3) is 0.467. The summed E-state index contributed by atoms with van der Waals surface area (Å²) >= 11 is 1.28. The maximum absolute atomic E-state index is 12.4. The number of nitrogens with zero attached hydrogens (tertiary/aromatic N) is 3. The molecule has 0 aliphatic carbocycles. The van der Waals surface area contributed by atoms with E-state index in [-0.39, 0.29) is 11.3 Å². The van der Waals surface area contributed by atoms with Crippen LogP contribution in [0, 0.1) is 0 Å². The summed E-state index contributed by atoms with van der Waals surface area (Å²) in [5.74, 6) is -1.28. The summed E-state index contributed by atoms with van der Waals surface area (Å²) in [6.45, 7) is 9.05. The number of aromatic nitrogens is 3. The lowest BCUT2D eigenvalue weighted by atomic mass is 9.91. The number of aliphatic carboxylic acids is 1. The molecular weight excluding hydrogens is 316 g/mol. The van der Waals surface area contributed by atoms with E-state index in [4.69, 9.17) is 0 Å². The van der Waals surface area contributed by atoms with E-state index in [0.717, 1.165) is 5.69 Å². The molecule has 2 aromatic rings. The highest BCUT2D eigenvalue weighted by atomic mass is 32.1. The molecule has 0 bridgehead atoms. The fourth-order valence-electron chi connectivity index (χ4n) is 1.92. The van der Waals surface area contributed by atoms with Crippen molar-refractivity contribution < 1.29 is 14.7 Å². The molecule has 0 aliphatic rings. The molecule has 7 nitrogen and oxygen atoms in total. The van der Waals surface area contributed by atoms with Gasteiger partial charge in [0, 0.05) is 11.6 Å². The number of carboxylic acid groups (broad SMARTS) is 1. The minimum Gasteiger partial charge on any atom is -0.479 e. The van der Waals surface area contributed by atoms with Gasteiger partial charge in [-0.3, -0.25) is 9.48 Å². The molecule has 0 unspecified atom stereocenters. The van der Waals surface area contributed by atoms with Crippen LogP contribution >= 0.6 is 11.3 Å². The number of hydrogen-bond donors (Lipinski definition) is 2. The Morgan fingerprint density at radius 3 is 2.48 bits per heavy atom. The second-order valence-electron chi connectivity index (χ2n) is 6.77. The van der Waals surface area contributed by atoms with Crippen LogP contribution in [0.15, 0.2) is 17.9 Å². The number of carbonyl (C=O) groups is 2. The maximum atomic E-state index is 12.4. The molecule has 0 fully saturated rings. The van der Waals surface area contributed by atoms with Gasteiger partial charge < -0.3 is 10.4 Å². The van der Waals surface area contributed by atoms with Crippen LogP contribution in [-0.4, -0.2) is 31.7 Å². The van der Waals surface area contributed by atoms with Crippen molar-refractivity contribution in [2.24, 2.45) is 0 Å². The second kappa shape index (κ2) is 5.77. The van der Waals surface area contributed by atoms with Gasteiger partial charge in [-0.2, -0.15) is 5.10 Å². The maximum Gasteiger partial charge on any atom is 0.331 e. The molecule has 0 atom stereocenters. The molecule has 1 amide bonds. The summed E-state index contributed by atoms with van der Waals surface area (Å²) in [6, 6.07) is 0. The summed E-state index contributed by atoms with van der Waals surface area (Å²) in [6.07, 6.45) is 2.93. The van der Waals surface area contributed by atoms with Crippen molar-refractivity contribution in [3.05, 3.63) is 28.5 Å². The Kier molecular flexibility index (Phi) is 4.30. The number of amides is 1. The lowest BCUT2D eigenvalue weighted by Crippen LogP contribution is -2.35. The number of thiazole rings is 1. The van der Waals surface area contributed by atoms with E-state index in [1.165, 1.54) is 42.3 Å². The van der Waals surface area contributed by atoms with E-state index in [9.17, 15) is 14.7 Å². The van der Waals surface area contributed by atoms with Gasteiger partial charge in [-0.15, -0.1) is 11.3 Å². The molecule has 124 valence electrons. The predicted molar refractivity (Wildman–Crippen MR) is 88.0 cm³/mol. The first kappa shape index (κ1) is 17.1. The van der Waals surface area contributed by atoms with Crippen LogP contribution < -0.4 is 5.32 Å². The Bertz CT molecular complexity index is 740. The van der Waals surface area contributed by atoms with E-state index < -0.39 is 11.5 Å². The van der Waals surface area contributed by atoms with Gasteiger partial charge in [-0.1, -0.05) is 20.8 Å². The molecule has 0 saturated heterocycles. The average molecular weight is 336 g/mol. The molecule has 0 aliphatic heterocycles. The number of hydrogen-bond acceptors (Lipinski definition) is 5. The fourth-order valence-corrected chi connectivity index (χ4v) is 2.81. The van der Waals surface area contributed by atoms with Crippen LogP contribution in [0.2, 0.25) is 0 Å². The van der Waals surface area contributed by atoms with Crippen LogP contribution in [0.5, 0.6) is 0 Å². The van der Waals surface area contributed by atoms with Crippen molar-refractivity contribution in [1.82, 2.24) is 14.8 Å². The molecule has 2 N–H and O–H groups in total. The third-order valence-electron chi connectivity index (χ3n) is 3.42. The molecule has 0 aromatic carbocycles. The lowest BCUT2D eigenvalue weighted by Gasteiger charge is -2.19. The Morgan fingerprint density at radius 1 is 1.26 bits per heavy atom. The molecule has 2 rings (SSSR count). The SMILES string of the molecule is CC(C)(C)c1ncsc1C(=O)Nc1cnn(C(C)(C)C(=O)O)c1. The van der Waals surface area contributed by atoms with Gasteiger partial charge in [0.05, 0.1) is 23.1 Å². The molecule has 0 spiro atoms. The van der Waals surface area contributed by atoms with Crippen molar-refractivity contribution in [3.63, 3.8) is 0 Å². The van der Waals surface area contributed by atoms with Gasteiger partial charge in [-0.25, -0.2) is 9.78 Å². The van der Waals surface area contributed by atoms with E-state index >= 15 is 0 Å². The molecule has 23 heavy (non-hydrogen) atoms. The normalized spacial score (nSPS) is 12.2. The second-order valence-corrected chi connectivity index (χ2v) is 7.63. The number of anilines is 1. The van der Waals surface area contributed by atoms with E-state index in [2.05, 4.69) is 15.4 Å². The Hall–Kier alpha value is -2.22. The zero-order chi connectivity index (χ0) is 17.4. The zero-order valence-corrected chi connectivity index (χ0v) is 14.6.